The molecule has 1 heterocycles. The van der Waals surface area contributed by atoms with Crippen LogP contribution in [0.25, 0.3) is 0 Å². The molecule has 3 rings (SSSR count). The molecule has 0 saturated carbocycles. The van der Waals surface area contributed by atoms with Crippen LogP contribution >= 0.6 is 0 Å². The molecule has 1 atom stereocenters. The van der Waals surface area contributed by atoms with Crippen LogP contribution in [0.5, 0.6) is 0 Å². The minimum absolute atomic E-state index is 0.860. The van der Waals surface area contributed by atoms with E-state index < -0.39 is 0 Å². The molecule has 1 aliphatic heterocycles. The average Bonchev–Trinajstić information content (AvgIpc) is 2.40. The van der Waals surface area contributed by atoms with Crippen LogP contribution in [-0.4, -0.2) is 24.5 Å². The van der Waals surface area contributed by atoms with Gasteiger partial charge in [0.15, 0.2) is 0 Å². The Labute approximate surface area is 110 Å². The molecule has 0 unspecified atom stereocenters. The third-order valence-corrected chi connectivity index (χ3v) is 4.53. The molecular weight excluding hydrogens is 220 g/mol. The number of rotatable bonds is 2. The number of aryl methyl sites for hydroxylation is 1. The molecule has 98 valence electrons. The lowest BCUT2D eigenvalue weighted by atomic mass is 9.83. The molecule has 18 heavy (non-hydrogen) atoms. The Hall–Kier alpha value is -1.02. The van der Waals surface area contributed by atoms with Gasteiger partial charge < -0.3 is 10.6 Å². The Morgan fingerprint density at radius 3 is 2.78 bits per heavy atom. The number of hydrogen-bond acceptors (Lipinski definition) is 2. The number of benzene rings is 1. The third kappa shape index (κ3) is 2.69. The molecule has 0 radical (unpaired) electrons. The molecule has 0 spiro atoms. The summed E-state index contributed by atoms with van der Waals surface area (Å²) in [4.78, 5) is 2.68. The van der Waals surface area contributed by atoms with Gasteiger partial charge in [-0.2, -0.15) is 0 Å². The normalized spacial score (nSPS) is 24.8. The van der Waals surface area contributed by atoms with Crippen LogP contribution in [0.2, 0.25) is 0 Å². The first-order valence-corrected chi connectivity index (χ1v) is 7.41. The maximum absolute atomic E-state index is 5.86. The van der Waals surface area contributed by atoms with Gasteiger partial charge in [0.05, 0.1) is 0 Å². The van der Waals surface area contributed by atoms with Gasteiger partial charge in [0.25, 0.3) is 0 Å². The van der Waals surface area contributed by atoms with Gasteiger partial charge in [0.1, 0.15) is 0 Å². The lowest BCUT2D eigenvalue weighted by molar-refractivity contribution is 0.187. The minimum atomic E-state index is 0.860. The van der Waals surface area contributed by atoms with E-state index in [9.17, 15) is 0 Å². The summed E-state index contributed by atoms with van der Waals surface area (Å²) in [5.41, 5.74) is 9.81. The van der Waals surface area contributed by atoms with E-state index in [2.05, 4.69) is 23.1 Å². The van der Waals surface area contributed by atoms with Crippen LogP contribution < -0.4 is 5.73 Å². The van der Waals surface area contributed by atoms with Crippen molar-refractivity contribution < 1.29 is 0 Å². The molecule has 1 aromatic rings. The van der Waals surface area contributed by atoms with Crippen molar-refractivity contribution in [3.63, 3.8) is 0 Å². The molecule has 0 bridgehead atoms. The average molecular weight is 244 g/mol. The number of fused-ring (bicyclic) bond motifs is 1. The van der Waals surface area contributed by atoms with E-state index in [-0.39, 0.29) is 0 Å². The highest BCUT2D eigenvalue weighted by Crippen LogP contribution is 2.28. The maximum Gasteiger partial charge on any atom is 0.0316 e. The van der Waals surface area contributed by atoms with Gasteiger partial charge in [0, 0.05) is 12.2 Å². The molecule has 2 aliphatic rings. The van der Waals surface area contributed by atoms with E-state index in [1.54, 1.807) is 0 Å². The van der Waals surface area contributed by atoms with Crippen LogP contribution in [0.4, 0.5) is 5.69 Å². The summed E-state index contributed by atoms with van der Waals surface area (Å²) < 4.78 is 0. The highest BCUT2D eigenvalue weighted by atomic mass is 15.1. The van der Waals surface area contributed by atoms with Crippen LogP contribution in [0, 0.1) is 5.92 Å². The van der Waals surface area contributed by atoms with E-state index >= 15 is 0 Å². The first kappa shape index (κ1) is 12.0. The van der Waals surface area contributed by atoms with Crippen molar-refractivity contribution in [2.24, 2.45) is 5.92 Å². The zero-order valence-electron chi connectivity index (χ0n) is 11.2. The fourth-order valence-electron chi connectivity index (χ4n) is 3.51. The summed E-state index contributed by atoms with van der Waals surface area (Å²) in [6, 6.07) is 6.47. The number of likely N-dealkylation sites (tertiary alicyclic amines) is 1. The summed E-state index contributed by atoms with van der Waals surface area (Å²) in [6.07, 6.45) is 8.06. The molecule has 1 aromatic carbocycles. The summed E-state index contributed by atoms with van der Waals surface area (Å²) in [5.74, 6) is 0.860. The highest BCUT2D eigenvalue weighted by Gasteiger charge is 2.21. The molecule has 2 nitrogen and oxygen atoms in total. The van der Waals surface area contributed by atoms with Crippen molar-refractivity contribution in [3.05, 3.63) is 29.3 Å². The Bertz CT molecular complexity index is 408. The molecule has 2 N–H and O–H groups in total. The van der Waals surface area contributed by atoms with E-state index in [1.807, 2.05) is 0 Å². The third-order valence-electron chi connectivity index (χ3n) is 4.53. The Morgan fingerprint density at radius 1 is 1.11 bits per heavy atom. The van der Waals surface area contributed by atoms with E-state index in [4.69, 9.17) is 5.73 Å². The van der Waals surface area contributed by atoms with Crippen LogP contribution in [0.1, 0.15) is 36.8 Å². The number of nitrogens with zero attached hydrogens (tertiary/aromatic N) is 1. The molecule has 1 aliphatic carbocycles. The molecule has 0 amide bonds. The standard InChI is InChI=1S/C16H24N2/c17-16-7-6-14-10-13(4-5-15(14)11-16)12-18-8-2-1-3-9-18/h6-7,11,13H,1-5,8-10,12,17H2/t13-/m0/s1. The van der Waals surface area contributed by atoms with Crippen LogP contribution in [-0.2, 0) is 12.8 Å². The predicted octanol–water partition coefficient (Wildman–Crippen LogP) is 2.86. The smallest absolute Gasteiger partial charge is 0.0316 e. The fraction of sp³-hybridized carbons (Fsp3) is 0.625. The monoisotopic (exact) mass is 244 g/mol. The largest absolute Gasteiger partial charge is 0.399 e. The Kier molecular flexibility index (Phi) is 3.55. The lowest BCUT2D eigenvalue weighted by Crippen LogP contribution is -2.36. The van der Waals surface area contributed by atoms with Gasteiger partial charge in [-0.25, -0.2) is 0 Å². The zero-order valence-corrected chi connectivity index (χ0v) is 11.2. The topological polar surface area (TPSA) is 29.3 Å². The summed E-state index contributed by atoms with van der Waals surface area (Å²) >= 11 is 0. The number of piperidine rings is 1. The maximum atomic E-state index is 5.86. The molecule has 1 fully saturated rings. The summed E-state index contributed by atoms with van der Waals surface area (Å²) in [5, 5.41) is 0. The van der Waals surface area contributed by atoms with Crippen molar-refractivity contribution in [2.75, 3.05) is 25.4 Å². The zero-order chi connectivity index (χ0) is 12.4. The van der Waals surface area contributed by atoms with Gasteiger partial charge in [-0.05, 0) is 74.4 Å². The van der Waals surface area contributed by atoms with E-state index in [0.717, 1.165) is 11.6 Å². The first-order valence-electron chi connectivity index (χ1n) is 7.41. The number of nitrogens with two attached hydrogens (primary N) is 1. The number of anilines is 1. The number of nitrogen functional groups attached to an aromatic ring is 1. The molecule has 0 aromatic heterocycles. The molecular formula is C16H24N2. The Balaban J connectivity index is 1.62. The van der Waals surface area contributed by atoms with Gasteiger partial charge in [0.2, 0.25) is 0 Å². The van der Waals surface area contributed by atoms with Crippen molar-refractivity contribution in [1.82, 2.24) is 4.90 Å². The van der Waals surface area contributed by atoms with E-state index in [0.29, 0.717) is 0 Å². The second-order valence-corrected chi connectivity index (χ2v) is 6.00. The summed E-state index contributed by atoms with van der Waals surface area (Å²) in [7, 11) is 0. The fourth-order valence-corrected chi connectivity index (χ4v) is 3.51. The van der Waals surface area contributed by atoms with Crippen LogP contribution in [0.3, 0.4) is 0 Å². The Morgan fingerprint density at radius 2 is 1.94 bits per heavy atom. The second-order valence-electron chi connectivity index (χ2n) is 6.00. The lowest BCUT2D eigenvalue weighted by Gasteiger charge is -2.33. The van der Waals surface area contributed by atoms with Crippen molar-refractivity contribution in [1.29, 1.82) is 0 Å². The second kappa shape index (κ2) is 5.31. The minimum Gasteiger partial charge on any atom is -0.399 e. The van der Waals surface area contributed by atoms with Crippen molar-refractivity contribution in [2.45, 2.75) is 38.5 Å². The quantitative estimate of drug-likeness (QED) is 0.811. The van der Waals surface area contributed by atoms with Gasteiger partial charge in [-0.1, -0.05) is 12.5 Å². The van der Waals surface area contributed by atoms with Gasteiger partial charge in [-0.3, -0.25) is 0 Å². The van der Waals surface area contributed by atoms with E-state index in [1.165, 1.54) is 69.3 Å². The van der Waals surface area contributed by atoms with Gasteiger partial charge in [-0.15, -0.1) is 0 Å². The first-order chi connectivity index (χ1) is 8.81. The highest BCUT2D eigenvalue weighted by molar-refractivity contribution is 5.45. The number of hydrogen-bond donors (Lipinski definition) is 1. The molecule has 2 heteroatoms. The molecule has 1 saturated heterocycles. The van der Waals surface area contributed by atoms with Crippen molar-refractivity contribution in [3.8, 4) is 0 Å². The SMILES string of the molecule is Nc1ccc2c(c1)CC[C@H](CN1CCCCC1)C2. The van der Waals surface area contributed by atoms with Gasteiger partial charge >= 0.3 is 0 Å². The van der Waals surface area contributed by atoms with Crippen molar-refractivity contribution >= 4 is 5.69 Å². The predicted molar refractivity (Wildman–Crippen MR) is 76.7 cm³/mol. The summed E-state index contributed by atoms with van der Waals surface area (Å²) in [6.45, 7) is 3.96. The van der Waals surface area contributed by atoms with Crippen LogP contribution in [0.15, 0.2) is 18.2 Å².